The van der Waals surface area contributed by atoms with Crippen molar-refractivity contribution in [2.75, 3.05) is 5.32 Å². The van der Waals surface area contributed by atoms with Crippen LogP contribution in [0.15, 0.2) is 24.3 Å². The van der Waals surface area contributed by atoms with E-state index in [-0.39, 0.29) is 5.91 Å². The maximum absolute atomic E-state index is 11.8. The van der Waals surface area contributed by atoms with Gasteiger partial charge in [-0.05, 0) is 39.2 Å². The summed E-state index contributed by atoms with van der Waals surface area (Å²) in [5.74, 6) is 0.0471. The van der Waals surface area contributed by atoms with Gasteiger partial charge in [0.25, 0.3) is 0 Å². The maximum Gasteiger partial charge on any atom is 0.226 e. The zero-order valence-electron chi connectivity index (χ0n) is 12.2. The Hall–Kier alpha value is -1.68. The molecule has 0 spiro atoms. The van der Waals surface area contributed by atoms with Crippen molar-refractivity contribution < 1.29 is 4.79 Å². The topological polar surface area (TPSA) is 42.0 Å². The van der Waals surface area contributed by atoms with Gasteiger partial charge in [-0.3, -0.25) is 4.79 Å². The van der Waals surface area contributed by atoms with Crippen molar-refractivity contribution in [3.05, 3.63) is 46.0 Å². The molecule has 1 aromatic heterocycles. The highest BCUT2D eigenvalue weighted by Crippen LogP contribution is 2.21. The molecule has 0 aliphatic heterocycles. The number of aryl methyl sites for hydroxylation is 4. The highest BCUT2D eigenvalue weighted by atomic mass is 32.1. The molecule has 2 rings (SSSR count). The minimum absolute atomic E-state index is 0.0471. The molecule has 0 saturated carbocycles. The zero-order chi connectivity index (χ0) is 14.5. The quantitative estimate of drug-likeness (QED) is 0.902. The van der Waals surface area contributed by atoms with Crippen LogP contribution in [0, 0.1) is 20.8 Å². The number of benzene rings is 1. The van der Waals surface area contributed by atoms with Crippen LogP contribution in [-0.2, 0) is 11.2 Å². The minimum Gasteiger partial charge on any atom is -0.302 e. The van der Waals surface area contributed by atoms with E-state index in [1.54, 1.807) is 0 Å². The number of rotatable bonds is 5. The van der Waals surface area contributed by atoms with Crippen molar-refractivity contribution in [3.8, 4) is 0 Å². The molecule has 0 unspecified atom stereocenters. The van der Waals surface area contributed by atoms with Crippen molar-refractivity contribution >= 4 is 22.4 Å². The predicted molar refractivity (Wildman–Crippen MR) is 84.3 cm³/mol. The van der Waals surface area contributed by atoms with Gasteiger partial charge >= 0.3 is 0 Å². The van der Waals surface area contributed by atoms with E-state index >= 15 is 0 Å². The summed E-state index contributed by atoms with van der Waals surface area (Å²) in [5, 5.41) is 3.58. The highest BCUT2D eigenvalue weighted by Gasteiger charge is 2.07. The van der Waals surface area contributed by atoms with Gasteiger partial charge in [-0.25, -0.2) is 4.98 Å². The number of hydrogen-bond acceptors (Lipinski definition) is 3. The molecule has 0 atom stereocenters. The molecule has 0 aliphatic carbocycles. The molecule has 1 aromatic carbocycles. The Kier molecular flexibility index (Phi) is 4.90. The van der Waals surface area contributed by atoms with Gasteiger partial charge in [-0.2, -0.15) is 0 Å². The smallest absolute Gasteiger partial charge is 0.226 e. The van der Waals surface area contributed by atoms with Crippen LogP contribution < -0.4 is 5.32 Å². The summed E-state index contributed by atoms with van der Waals surface area (Å²) in [6.45, 7) is 6.05. The van der Waals surface area contributed by atoms with Crippen molar-refractivity contribution in [1.82, 2.24) is 4.98 Å². The molecular formula is C16H20N2OS. The first-order chi connectivity index (χ1) is 9.54. The molecule has 1 N–H and O–H groups in total. The van der Waals surface area contributed by atoms with E-state index in [1.165, 1.54) is 22.5 Å². The summed E-state index contributed by atoms with van der Waals surface area (Å²) in [4.78, 5) is 17.3. The van der Waals surface area contributed by atoms with Crippen LogP contribution in [-0.4, -0.2) is 10.9 Å². The summed E-state index contributed by atoms with van der Waals surface area (Å²) < 4.78 is 0. The molecule has 2 aromatic rings. The maximum atomic E-state index is 11.8. The summed E-state index contributed by atoms with van der Waals surface area (Å²) in [7, 11) is 0. The Bertz CT molecular complexity index is 568. The van der Waals surface area contributed by atoms with E-state index in [1.807, 2.05) is 13.8 Å². The summed E-state index contributed by atoms with van der Waals surface area (Å²) in [5.41, 5.74) is 3.54. The Morgan fingerprint density at radius 2 is 1.90 bits per heavy atom. The van der Waals surface area contributed by atoms with Crippen molar-refractivity contribution in [2.45, 2.75) is 40.0 Å². The number of nitrogens with one attached hydrogen (secondary N) is 1. The normalized spacial score (nSPS) is 10.6. The number of nitrogens with zero attached hydrogens (tertiary/aromatic N) is 1. The van der Waals surface area contributed by atoms with E-state index in [2.05, 4.69) is 41.5 Å². The first kappa shape index (κ1) is 14.7. The molecular weight excluding hydrogens is 268 g/mol. The Balaban J connectivity index is 1.76. The molecule has 0 bridgehead atoms. The lowest BCUT2D eigenvalue weighted by molar-refractivity contribution is -0.116. The van der Waals surface area contributed by atoms with Crippen molar-refractivity contribution in [2.24, 2.45) is 0 Å². The lowest BCUT2D eigenvalue weighted by atomic mass is 10.1. The van der Waals surface area contributed by atoms with Crippen LogP contribution >= 0.6 is 11.3 Å². The second-order valence-corrected chi connectivity index (χ2v) is 6.25. The van der Waals surface area contributed by atoms with Gasteiger partial charge in [-0.1, -0.05) is 29.8 Å². The van der Waals surface area contributed by atoms with Gasteiger partial charge in [0, 0.05) is 11.3 Å². The molecule has 0 aliphatic rings. The van der Waals surface area contributed by atoms with Crippen LogP contribution in [0.4, 0.5) is 5.13 Å². The Morgan fingerprint density at radius 1 is 1.20 bits per heavy atom. The van der Waals surface area contributed by atoms with Gasteiger partial charge in [0.2, 0.25) is 5.91 Å². The molecule has 20 heavy (non-hydrogen) atoms. The Morgan fingerprint density at radius 3 is 2.50 bits per heavy atom. The van der Waals surface area contributed by atoms with E-state index < -0.39 is 0 Å². The SMILES string of the molecule is Cc1ccc(CCCC(=O)Nc2nc(C)c(C)s2)cc1. The van der Waals surface area contributed by atoms with Crippen molar-refractivity contribution in [3.63, 3.8) is 0 Å². The first-order valence-electron chi connectivity index (χ1n) is 6.84. The molecule has 0 saturated heterocycles. The number of carbonyl (C=O) groups excluding carboxylic acids is 1. The summed E-state index contributed by atoms with van der Waals surface area (Å²) in [6.07, 6.45) is 2.33. The second kappa shape index (κ2) is 6.66. The van der Waals surface area contributed by atoms with E-state index in [0.29, 0.717) is 11.6 Å². The van der Waals surface area contributed by atoms with Crippen LogP contribution in [0.1, 0.15) is 34.5 Å². The third-order valence-corrected chi connectivity index (χ3v) is 4.25. The zero-order valence-corrected chi connectivity index (χ0v) is 13.0. The van der Waals surface area contributed by atoms with Crippen LogP contribution in [0.2, 0.25) is 0 Å². The number of hydrogen-bond donors (Lipinski definition) is 1. The van der Waals surface area contributed by atoms with Gasteiger partial charge in [0.15, 0.2) is 5.13 Å². The fourth-order valence-corrected chi connectivity index (χ4v) is 2.75. The average molecular weight is 288 g/mol. The standard InChI is InChI=1S/C16H20N2OS/c1-11-7-9-14(10-8-11)5-4-6-15(19)18-16-17-12(2)13(3)20-16/h7-10H,4-6H2,1-3H3,(H,17,18,19). The second-order valence-electron chi connectivity index (χ2n) is 5.05. The fourth-order valence-electron chi connectivity index (χ4n) is 1.92. The monoisotopic (exact) mass is 288 g/mol. The van der Waals surface area contributed by atoms with Gasteiger partial charge in [-0.15, -0.1) is 11.3 Å². The van der Waals surface area contributed by atoms with Gasteiger partial charge < -0.3 is 5.32 Å². The number of amides is 1. The molecule has 1 heterocycles. The summed E-state index contributed by atoms with van der Waals surface area (Å²) >= 11 is 1.53. The number of thiazole rings is 1. The van der Waals surface area contributed by atoms with E-state index in [4.69, 9.17) is 0 Å². The molecule has 3 nitrogen and oxygen atoms in total. The lowest BCUT2D eigenvalue weighted by Crippen LogP contribution is -2.11. The number of carbonyl (C=O) groups is 1. The van der Waals surface area contributed by atoms with Crippen molar-refractivity contribution in [1.29, 1.82) is 0 Å². The number of anilines is 1. The Labute approximate surface area is 124 Å². The predicted octanol–water partition coefficient (Wildman–Crippen LogP) is 4.03. The third-order valence-electron chi connectivity index (χ3n) is 3.26. The minimum atomic E-state index is 0.0471. The van der Waals surface area contributed by atoms with E-state index in [9.17, 15) is 4.79 Å². The highest BCUT2D eigenvalue weighted by molar-refractivity contribution is 7.15. The molecule has 1 amide bonds. The average Bonchev–Trinajstić information content (AvgIpc) is 2.70. The van der Waals surface area contributed by atoms with Crippen LogP contribution in [0.5, 0.6) is 0 Å². The summed E-state index contributed by atoms with van der Waals surface area (Å²) in [6, 6.07) is 8.47. The van der Waals surface area contributed by atoms with E-state index in [0.717, 1.165) is 23.4 Å². The van der Waals surface area contributed by atoms with Crippen LogP contribution in [0.3, 0.4) is 0 Å². The largest absolute Gasteiger partial charge is 0.302 e. The third kappa shape index (κ3) is 4.17. The molecule has 0 radical (unpaired) electrons. The van der Waals surface area contributed by atoms with Gasteiger partial charge in [0.05, 0.1) is 5.69 Å². The first-order valence-corrected chi connectivity index (χ1v) is 7.65. The van der Waals surface area contributed by atoms with Crippen LogP contribution in [0.25, 0.3) is 0 Å². The molecule has 0 fully saturated rings. The molecule has 4 heteroatoms. The lowest BCUT2D eigenvalue weighted by Gasteiger charge is -2.03. The van der Waals surface area contributed by atoms with Gasteiger partial charge in [0.1, 0.15) is 0 Å². The molecule has 106 valence electrons. The number of aromatic nitrogens is 1. The fraction of sp³-hybridized carbons (Fsp3) is 0.375.